The summed E-state index contributed by atoms with van der Waals surface area (Å²) >= 11 is 0. The van der Waals surface area contributed by atoms with Crippen LogP contribution in [0, 0.1) is 17.3 Å². The van der Waals surface area contributed by atoms with E-state index in [0.717, 1.165) is 5.57 Å². The van der Waals surface area contributed by atoms with Crippen molar-refractivity contribution < 1.29 is 9.90 Å². The van der Waals surface area contributed by atoms with Crippen LogP contribution in [0.2, 0.25) is 0 Å². The molecule has 0 aliphatic heterocycles. The maximum atomic E-state index is 10.6. The molecule has 0 bridgehead atoms. The van der Waals surface area contributed by atoms with Crippen LogP contribution in [0.5, 0.6) is 0 Å². The third-order valence-corrected chi connectivity index (χ3v) is 4.06. The van der Waals surface area contributed by atoms with Crippen LogP contribution >= 0.6 is 0 Å². The quantitative estimate of drug-likeness (QED) is 0.448. The number of allylic oxidation sites excluding steroid dienone is 7. The standard InChI is InChI=1S/C20H26O2/c1-5-17(15-19(21)22)12-8-6-7-9-13-18-16(2)11-10-14-20(18,3)4/h8-9,12-13,15H,5,10-11,14H2,1-4H3,(H,21,22)/b12-8+,13-9+,17-15+. The van der Waals surface area contributed by atoms with E-state index in [2.05, 4.69) is 38.7 Å². The second-order valence-corrected chi connectivity index (χ2v) is 6.30. The minimum absolute atomic E-state index is 0.232. The predicted octanol–water partition coefficient (Wildman–Crippen LogP) is 5.05. The fourth-order valence-corrected chi connectivity index (χ4v) is 2.81. The van der Waals surface area contributed by atoms with Gasteiger partial charge in [0.1, 0.15) is 0 Å². The van der Waals surface area contributed by atoms with E-state index in [4.69, 9.17) is 5.11 Å². The van der Waals surface area contributed by atoms with Crippen molar-refractivity contribution in [3.8, 4) is 11.8 Å². The zero-order valence-corrected chi connectivity index (χ0v) is 14.1. The number of hydrogen-bond donors (Lipinski definition) is 1. The van der Waals surface area contributed by atoms with Gasteiger partial charge in [0, 0.05) is 6.08 Å². The molecule has 0 saturated heterocycles. The predicted molar refractivity (Wildman–Crippen MR) is 92.4 cm³/mol. The molecule has 0 unspecified atom stereocenters. The van der Waals surface area contributed by atoms with E-state index in [1.807, 2.05) is 13.0 Å². The summed E-state index contributed by atoms with van der Waals surface area (Å²) in [6, 6.07) is 0. The summed E-state index contributed by atoms with van der Waals surface area (Å²) in [5, 5.41) is 8.71. The fraction of sp³-hybridized carbons (Fsp3) is 0.450. The number of carbonyl (C=O) groups is 1. The molecule has 0 fully saturated rings. The molecule has 0 amide bonds. The molecular formula is C20H26O2. The third-order valence-electron chi connectivity index (χ3n) is 4.06. The van der Waals surface area contributed by atoms with Crippen molar-refractivity contribution in [3.63, 3.8) is 0 Å². The SMILES string of the molecule is CCC(/C=C/C#C/C=C/C1=C(C)CCCC1(C)C)=C\C(=O)O. The second-order valence-electron chi connectivity index (χ2n) is 6.30. The number of hydrogen-bond acceptors (Lipinski definition) is 1. The number of rotatable bonds is 4. The van der Waals surface area contributed by atoms with Gasteiger partial charge in [-0.15, -0.1) is 0 Å². The normalized spacial score (nSPS) is 18.6. The first kappa shape index (κ1) is 18.0. The summed E-state index contributed by atoms with van der Waals surface area (Å²) in [6.07, 6.45) is 13.0. The van der Waals surface area contributed by atoms with E-state index < -0.39 is 5.97 Å². The zero-order valence-electron chi connectivity index (χ0n) is 14.1. The Morgan fingerprint density at radius 3 is 2.59 bits per heavy atom. The lowest BCUT2D eigenvalue weighted by Gasteiger charge is -2.32. The largest absolute Gasteiger partial charge is 0.478 e. The Hall–Kier alpha value is -2.01. The average molecular weight is 298 g/mol. The molecule has 2 heteroatoms. The van der Waals surface area contributed by atoms with Crippen LogP contribution in [0.3, 0.4) is 0 Å². The molecular weight excluding hydrogens is 272 g/mol. The Labute approximate surface area is 134 Å². The van der Waals surface area contributed by atoms with E-state index in [9.17, 15) is 4.79 Å². The van der Waals surface area contributed by atoms with Crippen LogP contribution in [-0.4, -0.2) is 11.1 Å². The van der Waals surface area contributed by atoms with E-state index in [1.54, 1.807) is 12.2 Å². The van der Waals surface area contributed by atoms with Gasteiger partial charge in [0.15, 0.2) is 0 Å². The van der Waals surface area contributed by atoms with Gasteiger partial charge in [0.25, 0.3) is 0 Å². The number of carboxylic acids is 1. The molecule has 1 N–H and O–H groups in total. The maximum Gasteiger partial charge on any atom is 0.328 e. The second kappa shape index (κ2) is 8.44. The average Bonchev–Trinajstić information content (AvgIpc) is 2.42. The van der Waals surface area contributed by atoms with Crippen LogP contribution in [0.25, 0.3) is 0 Å². The first-order chi connectivity index (χ1) is 10.4. The Morgan fingerprint density at radius 1 is 1.32 bits per heavy atom. The molecule has 0 spiro atoms. The Bertz CT molecular complexity index is 587. The number of aliphatic carboxylic acids is 1. The summed E-state index contributed by atoms with van der Waals surface area (Å²) in [5.74, 6) is 5.01. The third kappa shape index (κ3) is 5.77. The van der Waals surface area contributed by atoms with Crippen molar-refractivity contribution in [3.05, 3.63) is 47.1 Å². The molecule has 118 valence electrons. The van der Waals surface area contributed by atoms with Gasteiger partial charge in [0.05, 0.1) is 0 Å². The summed E-state index contributed by atoms with van der Waals surface area (Å²) in [6.45, 7) is 8.70. The van der Waals surface area contributed by atoms with Crippen molar-refractivity contribution in [1.29, 1.82) is 0 Å². The summed E-state index contributed by atoms with van der Waals surface area (Å²) in [5.41, 5.74) is 3.85. The topological polar surface area (TPSA) is 37.3 Å². The fourth-order valence-electron chi connectivity index (χ4n) is 2.81. The van der Waals surface area contributed by atoms with Gasteiger partial charge in [-0.05, 0) is 61.3 Å². The summed E-state index contributed by atoms with van der Waals surface area (Å²) in [7, 11) is 0. The number of carboxylic acid groups (broad SMARTS) is 1. The van der Waals surface area contributed by atoms with E-state index in [0.29, 0.717) is 6.42 Å². The summed E-state index contributed by atoms with van der Waals surface area (Å²) < 4.78 is 0. The van der Waals surface area contributed by atoms with Crippen LogP contribution in [0.4, 0.5) is 0 Å². The van der Waals surface area contributed by atoms with Crippen LogP contribution in [-0.2, 0) is 4.79 Å². The maximum absolute atomic E-state index is 10.6. The van der Waals surface area contributed by atoms with E-state index >= 15 is 0 Å². The van der Waals surface area contributed by atoms with Crippen LogP contribution < -0.4 is 0 Å². The Morgan fingerprint density at radius 2 is 2.00 bits per heavy atom. The van der Waals surface area contributed by atoms with Crippen molar-refractivity contribution in [1.82, 2.24) is 0 Å². The lowest BCUT2D eigenvalue weighted by Crippen LogP contribution is -2.18. The monoisotopic (exact) mass is 298 g/mol. The van der Waals surface area contributed by atoms with Gasteiger partial charge in [-0.3, -0.25) is 0 Å². The highest BCUT2D eigenvalue weighted by Gasteiger charge is 2.26. The highest BCUT2D eigenvalue weighted by atomic mass is 16.4. The van der Waals surface area contributed by atoms with Gasteiger partial charge < -0.3 is 5.11 Å². The molecule has 0 aromatic rings. The molecule has 1 rings (SSSR count). The first-order valence-electron chi connectivity index (χ1n) is 7.84. The lowest BCUT2D eigenvalue weighted by molar-refractivity contribution is -0.131. The Kier molecular flexibility index (Phi) is 6.92. The lowest BCUT2D eigenvalue weighted by atomic mass is 9.73. The van der Waals surface area contributed by atoms with Gasteiger partial charge in [-0.1, -0.05) is 50.3 Å². The smallest absolute Gasteiger partial charge is 0.328 e. The highest BCUT2D eigenvalue weighted by Crippen LogP contribution is 2.40. The zero-order chi connectivity index (χ0) is 16.6. The molecule has 1 aliphatic rings. The minimum atomic E-state index is -0.920. The van der Waals surface area contributed by atoms with Crippen LogP contribution in [0.1, 0.15) is 53.4 Å². The van der Waals surface area contributed by atoms with E-state index in [-0.39, 0.29) is 5.41 Å². The van der Waals surface area contributed by atoms with Crippen molar-refractivity contribution >= 4 is 5.97 Å². The van der Waals surface area contributed by atoms with Gasteiger partial charge >= 0.3 is 5.97 Å². The van der Waals surface area contributed by atoms with Crippen molar-refractivity contribution in [2.24, 2.45) is 5.41 Å². The van der Waals surface area contributed by atoms with E-state index in [1.165, 1.54) is 36.5 Å². The molecule has 0 saturated carbocycles. The van der Waals surface area contributed by atoms with Crippen molar-refractivity contribution in [2.75, 3.05) is 0 Å². The molecule has 0 heterocycles. The summed E-state index contributed by atoms with van der Waals surface area (Å²) in [4.78, 5) is 10.6. The van der Waals surface area contributed by atoms with Crippen LogP contribution in [0.15, 0.2) is 47.1 Å². The molecule has 22 heavy (non-hydrogen) atoms. The van der Waals surface area contributed by atoms with Gasteiger partial charge in [-0.2, -0.15) is 0 Å². The molecule has 0 aromatic carbocycles. The van der Waals surface area contributed by atoms with Gasteiger partial charge in [-0.25, -0.2) is 4.79 Å². The van der Waals surface area contributed by atoms with Crippen molar-refractivity contribution in [2.45, 2.75) is 53.4 Å². The highest BCUT2D eigenvalue weighted by molar-refractivity contribution is 5.81. The molecule has 1 aliphatic carbocycles. The van der Waals surface area contributed by atoms with Gasteiger partial charge in [0.2, 0.25) is 0 Å². The molecule has 0 radical (unpaired) electrons. The molecule has 0 aromatic heterocycles. The molecule has 2 nitrogen and oxygen atoms in total. The molecule has 0 atom stereocenters. The Balaban J connectivity index is 2.73. The first-order valence-corrected chi connectivity index (χ1v) is 7.84. The minimum Gasteiger partial charge on any atom is -0.478 e.